The highest BCUT2D eigenvalue weighted by Gasteiger charge is 2.41. The number of rotatable bonds is 5. The lowest BCUT2D eigenvalue weighted by molar-refractivity contribution is -0.142. The van der Waals surface area contributed by atoms with Crippen molar-refractivity contribution < 1.29 is 26.5 Å². The fourth-order valence-electron chi connectivity index (χ4n) is 3.30. The van der Waals surface area contributed by atoms with E-state index in [9.17, 15) is 22.0 Å². The molecule has 3 N–H and O–H groups in total. The van der Waals surface area contributed by atoms with Crippen molar-refractivity contribution in [1.82, 2.24) is 14.9 Å². The first kappa shape index (κ1) is 23.0. The molecule has 0 aliphatic rings. The zero-order valence-electron chi connectivity index (χ0n) is 16.6. The van der Waals surface area contributed by atoms with E-state index in [-0.39, 0.29) is 22.0 Å². The van der Waals surface area contributed by atoms with Crippen molar-refractivity contribution in [1.29, 1.82) is 5.53 Å². The van der Waals surface area contributed by atoms with Crippen molar-refractivity contribution >= 4 is 17.4 Å². The molecule has 0 atom stereocenters. The third kappa shape index (κ3) is 4.01. The van der Waals surface area contributed by atoms with Crippen LogP contribution in [0.2, 0.25) is 5.02 Å². The normalized spacial score (nSPS) is 12.2. The van der Waals surface area contributed by atoms with Gasteiger partial charge in [0.2, 0.25) is 0 Å². The summed E-state index contributed by atoms with van der Waals surface area (Å²) >= 11 is 6.08. The number of alkyl halides is 3. The standard InChI is InChI=1S/C20H11ClF5N7O/c21-12-5-2-6-13(23)14(12)16-15(19(27)30-32-28)17(34-31-16)11-8-29-33(18(11)20(24,25)26)10-4-1-3-9(22)7-10/h1-8H,(H3,27,28,30). The molecule has 34 heavy (non-hydrogen) atoms. The first-order valence-electron chi connectivity index (χ1n) is 9.19. The molecular weight excluding hydrogens is 485 g/mol. The Morgan fingerprint density at radius 2 is 1.88 bits per heavy atom. The van der Waals surface area contributed by atoms with Gasteiger partial charge in [-0.05, 0) is 30.3 Å². The number of hydrogen-bond acceptors (Lipinski definition) is 5. The first-order chi connectivity index (χ1) is 16.1. The second-order valence-electron chi connectivity index (χ2n) is 6.71. The van der Waals surface area contributed by atoms with Gasteiger partial charge in [0, 0.05) is 0 Å². The molecular formula is C20H11ClF5N7O. The van der Waals surface area contributed by atoms with Crippen molar-refractivity contribution in [2.45, 2.75) is 6.18 Å². The van der Waals surface area contributed by atoms with Gasteiger partial charge in [-0.15, -0.1) is 5.10 Å². The Hall–Kier alpha value is -4.13. The summed E-state index contributed by atoms with van der Waals surface area (Å²) in [4.78, 5) is 0. The highest BCUT2D eigenvalue weighted by Crippen LogP contribution is 2.42. The Kier molecular flexibility index (Phi) is 5.87. The molecule has 0 unspecified atom stereocenters. The predicted octanol–water partition coefficient (Wildman–Crippen LogP) is 5.80. The maximum absolute atomic E-state index is 14.6. The summed E-state index contributed by atoms with van der Waals surface area (Å²) in [6.07, 6.45) is -4.21. The molecule has 2 heterocycles. The smallest absolute Gasteiger partial charge is 0.381 e. The predicted molar refractivity (Wildman–Crippen MR) is 110 cm³/mol. The average molecular weight is 496 g/mol. The van der Waals surface area contributed by atoms with Crippen molar-refractivity contribution in [3.8, 4) is 28.3 Å². The van der Waals surface area contributed by atoms with Crippen LogP contribution in [-0.2, 0) is 6.18 Å². The molecule has 0 saturated heterocycles. The van der Waals surface area contributed by atoms with Gasteiger partial charge in [-0.1, -0.05) is 34.1 Å². The van der Waals surface area contributed by atoms with Crippen LogP contribution in [0.5, 0.6) is 0 Å². The minimum atomic E-state index is -5.01. The second-order valence-corrected chi connectivity index (χ2v) is 7.12. The third-order valence-corrected chi connectivity index (χ3v) is 4.96. The summed E-state index contributed by atoms with van der Waals surface area (Å²) in [6, 6.07) is 8.02. The number of nitrogens with one attached hydrogen (secondary N) is 1. The summed E-state index contributed by atoms with van der Waals surface area (Å²) < 4.78 is 76.3. The van der Waals surface area contributed by atoms with Crippen molar-refractivity contribution in [2.24, 2.45) is 16.1 Å². The van der Waals surface area contributed by atoms with Crippen LogP contribution in [0, 0.1) is 17.2 Å². The van der Waals surface area contributed by atoms with Crippen LogP contribution in [0.25, 0.3) is 28.3 Å². The molecule has 0 amide bonds. The number of aromatic nitrogens is 3. The summed E-state index contributed by atoms with van der Waals surface area (Å²) in [6.45, 7) is 0. The highest BCUT2D eigenvalue weighted by atomic mass is 35.5. The van der Waals surface area contributed by atoms with E-state index in [1.54, 1.807) is 0 Å². The van der Waals surface area contributed by atoms with Crippen LogP contribution in [0.3, 0.4) is 0 Å². The fourth-order valence-corrected chi connectivity index (χ4v) is 3.55. The lowest BCUT2D eigenvalue weighted by Crippen LogP contribution is -2.17. The van der Waals surface area contributed by atoms with Crippen LogP contribution in [0.4, 0.5) is 22.0 Å². The second kappa shape index (κ2) is 8.67. The molecule has 2 aromatic carbocycles. The van der Waals surface area contributed by atoms with Crippen LogP contribution >= 0.6 is 11.6 Å². The lowest BCUT2D eigenvalue weighted by Gasteiger charge is -2.12. The Balaban J connectivity index is 2.04. The van der Waals surface area contributed by atoms with Crippen molar-refractivity contribution in [2.75, 3.05) is 0 Å². The maximum atomic E-state index is 14.6. The molecule has 0 radical (unpaired) electrons. The minimum Gasteiger partial charge on any atom is -0.381 e. The van der Waals surface area contributed by atoms with E-state index in [0.717, 1.165) is 24.4 Å². The van der Waals surface area contributed by atoms with E-state index in [1.807, 2.05) is 0 Å². The minimum absolute atomic E-state index is 0.136. The molecule has 4 rings (SSSR count). The molecule has 0 bridgehead atoms. The number of hydrogen-bond donors (Lipinski definition) is 2. The van der Waals surface area contributed by atoms with E-state index in [2.05, 4.69) is 20.6 Å². The zero-order valence-corrected chi connectivity index (χ0v) is 17.4. The molecule has 0 fully saturated rings. The third-order valence-electron chi connectivity index (χ3n) is 4.64. The Morgan fingerprint density at radius 1 is 1.15 bits per heavy atom. The van der Waals surface area contributed by atoms with Crippen LogP contribution in [0.1, 0.15) is 11.3 Å². The molecule has 174 valence electrons. The summed E-state index contributed by atoms with van der Waals surface area (Å²) in [7, 11) is 0. The van der Waals surface area contributed by atoms with Gasteiger partial charge in [-0.25, -0.2) is 13.5 Å². The molecule has 14 heteroatoms. The van der Waals surface area contributed by atoms with Gasteiger partial charge in [0.1, 0.15) is 17.3 Å². The highest BCUT2D eigenvalue weighted by molar-refractivity contribution is 6.33. The monoisotopic (exact) mass is 495 g/mol. The molecule has 0 aliphatic heterocycles. The van der Waals surface area contributed by atoms with Gasteiger partial charge in [-0.2, -0.15) is 23.8 Å². The van der Waals surface area contributed by atoms with E-state index >= 15 is 0 Å². The van der Waals surface area contributed by atoms with E-state index in [4.69, 9.17) is 27.4 Å². The number of benzene rings is 2. The molecule has 0 spiro atoms. The van der Waals surface area contributed by atoms with Gasteiger partial charge >= 0.3 is 6.18 Å². The van der Waals surface area contributed by atoms with E-state index < -0.39 is 46.2 Å². The van der Waals surface area contributed by atoms with Gasteiger partial charge in [-0.3, -0.25) is 0 Å². The van der Waals surface area contributed by atoms with E-state index in [0.29, 0.717) is 4.68 Å². The summed E-state index contributed by atoms with van der Waals surface area (Å²) in [5.74, 6) is -2.83. The van der Waals surface area contributed by atoms with Crippen LogP contribution in [0.15, 0.2) is 63.5 Å². The average Bonchev–Trinajstić information content (AvgIpc) is 3.38. The molecule has 0 aliphatic carbocycles. The molecule has 4 aromatic rings. The van der Waals surface area contributed by atoms with E-state index in [1.165, 1.54) is 24.3 Å². The van der Waals surface area contributed by atoms with Gasteiger partial charge < -0.3 is 10.3 Å². The summed E-state index contributed by atoms with van der Waals surface area (Å²) in [5, 5.41) is 13.4. The van der Waals surface area contributed by atoms with Gasteiger partial charge in [0.25, 0.3) is 0 Å². The Bertz CT molecular complexity index is 1410. The molecule has 0 saturated carbocycles. The van der Waals surface area contributed by atoms with Crippen molar-refractivity contribution in [3.63, 3.8) is 0 Å². The SMILES string of the molecule is N=N/N=C(\N)c1c(-c2c(F)cccc2Cl)noc1-c1cnn(-c2cccc(F)c2)c1C(F)(F)F. The zero-order chi connectivity index (χ0) is 24.6. The number of nitrogens with zero attached hydrogens (tertiary/aromatic N) is 5. The Labute approximate surface area is 191 Å². The Morgan fingerprint density at radius 3 is 2.53 bits per heavy atom. The number of halogens is 6. The van der Waals surface area contributed by atoms with Crippen LogP contribution in [-0.4, -0.2) is 20.8 Å². The molecule has 8 nitrogen and oxygen atoms in total. The maximum Gasteiger partial charge on any atom is 0.434 e. The van der Waals surface area contributed by atoms with Crippen LogP contribution < -0.4 is 5.73 Å². The number of nitrogens with two attached hydrogens (primary N) is 1. The fraction of sp³-hybridized carbons (Fsp3) is 0.0500. The lowest BCUT2D eigenvalue weighted by atomic mass is 10.0. The van der Waals surface area contributed by atoms with Crippen molar-refractivity contribution in [3.05, 3.63) is 76.6 Å². The van der Waals surface area contributed by atoms with Gasteiger partial charge in [0.15, 0.2) is 17.3 Å². The first-order valence-corrected chi connectivity index (χ1v) is 9.57. The quantitative estimate of drug-likeness (QED) is 0.120. The number of amidine groups is 1. The van der Waals surface area contributed by atoms with Gasteiger partial charge in [0.05, 0.1) is 33.6 Å². The topological polar surface area (TPSA) is 118 Å². The summed E-state index contributed by atoms with van der Waals surface area (Å²) in [5.41, 5.74) is 9.46. The largest absolute Gasteiger partial charge is 0.434 e. The molecule has 2 aromatic heterocycles.